The number of nitrogens with zero attached hydrogens (tertiary/aromatic N) is 1. The van der Waals surface area contributed by atoms with E-state index < -0.39 is 0 Å². The highest BCUT2D eigenvalue weighted by molar-refractivity contribution is 5.72. The van der Waals surface area contributed by atoms with Crippen LogP contribution in [0.1, 0.15) is 79.1 Å². The van der Waals surface area contributed by atoms with Gasteiger partial charge < -0.3 is 10.6 Å². The fourth-order valence-electron chi connectivity index (χ4n) is 3.63. The molecule has 24 heavy (non-hydrogen) atoms. The lowest BCUT2D eigenvalue weighted by molar-refractivity contribution is -0.923. The van der Waals surface area contributed by atoms with E-state index in [0.29, 0.717) is 6.17 Å². The number of amides is 1. The van der Waals surface area contributed by atoms with Crippen molar-refractivity contribution in [2.24, 2.45) is 0 Å². The number of carbonyl (C=O) groups is 1. The lowest BCUT2D eigenvalue weighted by Crippen LogP contribution is -2.62. The van der Waals surface area contributed by atoms with E-state index in [9.17, 15) is 4.79 Å². The summed E-state index contributed by atoms with van der Waals surface area (Å²) >= 11 is 0. The largest absolute Gasteiger partial charge is 0.338 e. The summed E-state index contributed by atoms with van der Waals surface area (Å²) in [5.74, 6) is 0.0403. The molecule has 1 aliphatic rings. The molecule has 1 amide bonds. The number of unbranched alkanes of at least 4 members (excludes halogenated alkanes) is 5. The maximum atomic E-state index is 11.4. The predicted molar refractivity (Wildman–Crippen MR) is 102 cm³/mol. The first-order chi connectivity index (χ1) is 11.6. The smallest absolute Gasteiger partial charge is 0.221 e. The van der Waals surface area contributed by atoms with Crippen LogP contribution in [0.4, 0.5) is 0 Å². The summed E-state index contributed by atoms with van der Waals surface area (Å²) in [5.41, 5.74) is 0. The van der Waals surface area contributed by atoms with Crippen LogP contribution in [0.3, 0.4) is 0 Å². The van der Waals surface area contributed by atoms with E-state index in [1.165, 1.54) is 38.5 Å². The monoisotopic (exact) mass is 336 g/mol. The molecule has 1 rings (SSSR count). The van der Waals surface area contributed by atoms with E-state index in [1.807, 2.05) is 0 Å². The molecular formula is C20H38N3O+. The third kappa shape index (κ3) is 6.31. The van der Waals surface area contributed by atoms with Crippen molar-refractivity contribution in [3.63, 3.8) is 0 Å². The van der Waals surface area contributed by atoms with Crippen molar-refractivity contribution in [1.29, 1.82) is 0 Å². The Balaban J connectivity index is 2.35. The Morgan fingerprint density at radius 1 is 1.21 bits per heavy atom. The SMILES string of the molecule is CCCCCC/C=C/CCCC1NC=C[N+]1(CC)C(C)NC(C)=O. The van der Waals surface area contributed by atoms with E-state index >= 15 is 0 Å². The van der Waals surface area contributed by atoms with Gasteiger partial charge in [0.2, 0.25) is 5.91 Å². The molecule has 1 aliphatic heterocycles. The molecule has 4 nitrogen and oxygen atoms in total. The van der Waals surface area contributed by atoms with Gasteiger partial charge in [-0.25, -0.2) is 0 Å². The van der Waals surface area contributed by atoms with Crippen LogP contribution >= 0.6 is 0 Å². The minimum Gasteiger partial charge on any atom is -0.338 e. The number of nitrogens with one attached hydrogen (secondary N) is 2. The molecule has 1 heterocycles. The Morgan fingerprint density at radius 3 is 2.54 bits per heavy atom. The molecule has 138 valence electrons. The standard InChI is InChI=1S/C20H37N3O/c1-5-7-8-9-10-11-12-13-14-15-20-21-16-17-23(20,6-2)18(3)22-19(4)24/h11-12,16-18,20-21H,5-10,13-15H2,1-4H3/p+1/b12-11+. The van der Waals surface area contributed by atoms with Gasteiger partial charge >= 0.3 is 0 Å². The molecule has 0 aromatic carbocycles. The second kappa shape index (κ2) is 11.3. The average Bonchev–Trinajstić information content (AvgIpc) is 2.97. The van der Waals surface area contributed by atoms with Gasteiger partial charge in [0.25, 0.3) is 0 Å². The number of quaternary nitrogens is 1. The van der Waals surface area contributed by atoms with Crippen LogP contribution in [0.2, 0.25) is 0 Å². The Hall–Kier alpha value is -1.29. The summed E-state index contributed by atoms with van der Waals surface area (Å²) in [7, 11) is 0. The highest BCUT2D eigenvalue weighted by atomic mass is 16.1. The number of hydrogen-bond donors (Lipinski definition) is 2. The van der Waals surface area contributed by atoms with E-state index in [0.717, 1.165) is 23.9 Å². The molecule has 0 radical (unpaired) electrons. The van der Waals surface area contributed by atoms with Gasteiger partial charge in [-0.2, -0.15) is 0 Å². The van der Waals surface area contributed by atoms with Crippen molar-refractivity contribution in [2.45, 2.75) is 91.4 Å². The van der Waals surface area contributed by atoms with E-state index in [1.54, 1.807) is 6.92 Å². The van der Waals surface area contributed by atoms with Gasteiger partial charge in [0, 0.05) is 20.3 Å². The van der Waals surface area contributed by atoms with Gasteiger partial charge in [-0.15, -0.1) is 0 Å². The van der Waals surface area contributed by atoms with Crippen LogP contribution in [-0.4, -0.2) is 29.3 Å². The zero-order valence-electron chi connectivity index (χ0n) is 16.2. The molecule has 4 heteroatoms. The fraction of sp³-hybridized carbons (Fsp3) is 0.750. The van der Waals surface area contributed by atoms with Crippen LogP contribution in [0.25, 0.3) is 0 Å². The van der Waals surface area contributed by atoms with E-state index in [4.69, 9.17) is 0 Å². The molecule has 0 fully saturated rings. The van der Waals surface area contributed by atoms with E-state index in [2.05, 4.69) is 56.0 Å². The van der Waals surface area contributed by atoms with Crippen LogP contribution in [-0.2, 0) is 4.79 Å². The van der Waals surface area contributed by atoms with E-state index in [-0.39, 0.29) is 12.1 Å². The average molecular weight is 337 g/mol. The zero-order valence-corrected chi connectivity index (χ0v) is 16.2. The van der Waals surface area contributed by atoms with Crippen LogP contribution in [0.5, 0.6) is 0 Å². The summed E-state index contributed by atoms with van der Waals surface area (Å²) in [5, 5.41) is 6.56. The van der Waals surface area contributed by atoms with Crippen LogP contribution in [0.15, 0.2) is 24.6 Å². The van der Waals surface area contributed by atoms with Gasteiger partial charge in [-0.1, -0.05) is 38.3 Å². The molecule has 2 N–H and O–H groups in total. The molecule has 0 aromatic heterocycles. The van der Waals surface area contributed by atoms with Gasteiger partial charge in [0.15, 0.2) is 12.3 Å². The van der Waals surface area contributed by atoms with Gasteiger partial charge in [0.1, 0.15) is 6.20 Å². The summed E-state index contributed by atoms with van der Waals surface area (Å²) in [6.07, 6.45) is 19.4. The molecule has 0 aliphatic carbocycles. The molecule has 0 spiro atoms. The molecular weight excluding hydrogens is 298 g/mol. The summed E-state index contributed by atoms with van der Waals surface area (Å²) in [6.45, 7) is 9.12. The van der Waals surface area contributed by atoms with Crippen molar-refractivity contribution in [1.82, 2.24) is 10.6 Å². The van der Waals surface area contributed by atoms with Crippen LogP contribution in [0, 0.1) is 0 Å². The molecule has 3 atom stereocenters. The highest BCUT2D eigenvalue weighted by Crippen LogP contribution is 2.25. The molecule has 3 unspecified atom stereocenters. The van der Waals surface area contributed by atoms with Crippen molar-refractivity contribution in [3.8, 4) is 0 Å². The first-order valence-corrected chi connectivity index (χ1v) is 9.79. The lowest BCUT2D eigenvalue weighted by atomic mass is 10.1. The van der Waals surface area contributed by atoms with Crippen molar-refractivity contribution < 1.29 is 9.28 Å². The highest BCUT2D eigenvalue weighted by Gasteiger charge is 2.41. The maximum absolute atomic E-state index is 11.4. The Kier molecular flexibility index (Phi) is 9.77. The fourth-order valence-corrected chi connectivity index (χ4v) is 3.63. The topological polar surface area (TPSA) is 41.1 Å². The number of rotatable bonds is 12. The molecule has 0 aromatic rings. The third-order valence-corrected chi connectivity index (χ3v) is 5.14. The minimum absolute atomic E-state index is 0.0403. The van der Waals surface area contributed by atoms with Crippen molar-refractivity contribution in [3.05, 3.63) is 24.6 Å². The Morgan fingerprint density at radius 2 is 1.92 bits per heavy atom. The maximum Gasteiger partial charge on any atom is 0.221 e. The van der Waals surface area contributed by atoms with Gasteiger partial charge in [-0.3, -0.25) is 9.28 Å². The van der Waals surface area contributed by atoms with Crippen molar-refractivity contribution in [2.75, 3.05) is 6.54 Å². The summed E-state index contributed by atoms with van der Waals surface area (Å²) < 4.78 is 0.792. The van der Waals surface area contributed by atoms with Gasteiger partial charge in [0.05, 0.1) is 12.7 Å². The Labute approximate surface area is 149 Å². The van der Waals surface area contributed by atoms with Crippen molar-refractivity contribution >= 4 is 5.91 Å². The van der Waals surface area contributed by atoms with Crippen LogP contribution < -0.4 is 10.6 Å². The zero-order chi connectivity index (χ0) is 17.8. The minimum atomic E-state index is 0.0403. The lowest BCUT2D eigenvalue weighted by Gasteiger charge is -2.41. The first kappa shape index (κ1) is 20.8. The quantitative estimate of drug-likeness (QED) is 0.315. The first-order valence-electron chi connectivity index (χ1n) is 9.79. The predicted octanol–water partition coefficient (Wildman–Crippen LogP) is 4.40. The normalized spacial score (nSPS) is 24.2. The summed E-state index contributed by atoms with van der Waals surface area (Å²) in [6, 6.07) is 0. The number of hydrogen-bond acceptors (Lipinski definition) is 2. The molecule has 0 saturated carbocycles. The van der Waals surface area contributed by atoms with Gasteiger partial charge in [-0.05, 0) is 32.6 Å². The number of allylic oxidation sites excluding steroid dienone is 2. The molecule has 0 saturated heterocycles. The second-order valence-electron chi connectivity index (χ2n) is 6.94. The Bertz CT molecular complexity index is 419. The summed E-state index contributed by atoms with van der Waals surface area (Å²) in [4.78, 5) is 11.4. The number of carbonyl (C=O) groups excluding carboxylic acids is 1. The third-order valence-electron chi connectivity index (χ3n) is 5.14. The molecule has 0 bridgehead atoms. The second-order valence-corrected chi connectivity index (χ2v) is 6.94.